The molecule has 0 aromatic rings. The van der Waals surface area contributed by atoms with E-state index < -0.39 is 18.2 Å². The van der Waals surface area contributed by atoms with Crippen LogP contribution in [0, 0.1) is 0 Å². The number of aliphatic hydroxyl groups excluding tert-OH is 2. The van der Waals surface area contributed by atoms with Crippen molar-refractivity contribution in [3.8, 4) is 0 Å². The summed E-state index contributed by atoms with van der Waals surface area (Å²) in [6.07, 6.45) is 2.79. The molecular weight excluding hydrogens is 262 g/mol. The monoisotopic (exact) mass is 277 g/mol. The standard InChI is InChI=1S/C10H16ClN3O4/c11-5-10(6-15)3-1-8(18-10)14-4-2-7(13-17)12-9(14)16/h2,4,8-9,15-17H,1,3,5-6H2,(H,12,13)/t8-,9?,10-/m1/s1. The molecule has 0 aromatic heterocycles. The Balaban J connectivity index is 2.03. The Labute approximate surface area is 109 Å². The van der Waals surface area contributed by atoms with Crippen LogP contribution in [-0.2, 0) is 4.74 Å². The Morgan fingerprint density at radius 3 is 2.94 bits per heavy atom. The zero-order chi connectivity index (χ0) is 13.2. The third kappa shape index (κ3) is 2.45. The number of hydrogen-bond donors (Lipinski definition) is 4. The van der Waals surface area contributed by atoms with Crippen LogP contribution in [-0.4, -0.2) is 56.8 Å². The van der Waals surface area contributed by atoms with Gasteiger partial charge in [0.1, 0.15) is 11.8 Å². The Morgan fingerprint density at radius 2 is 2.44 bits per heavy atom. The summed E-state index contributed by atoms with van der Waals surface area (Å²) >= 11 is 5.80. The molecule has 102 valence electrons. The Hall–Kier alpha value is -0.860. The van der Waals surface area contributed by atoms with Gasteiger partial charge in [0.15, 0.2) is 5.84 Å². The second-order valence-electron chi connectivity index (χ2n) is 4.32. The average molecular weight is 278 g/mol. The van der Waals surface area contributed by atoms with E-state index in [1.807, 2.05) is 5.48 Å². The molecule has 0 saturated carbocycles. The van der Waals surface area contributed by atoms with E-state index in [9.17, 15) is 10.2 Å². The van der Waals surface area contributed by atoms with Crippen molar-refractivity contribution in [3.05, 3.63) is 12.3 Å². The molecule has 1 saturated heterocycles. The third-order valence-electron chi connectivity index (χ3n) is 3.14. The van der Waals surface area contributed by atoms with Crippen LogP contribution in [0.25, 0.3) is 0 Å². The number of aliphatic hydroxyl groups is 2. The van der Waals surface area contributed by atoms with Crippen LogP contribution < -0.4 is 5.48 Å². The number of alkyl halides is 1. The largest absolute Gasteiger partial charge is 0.393 e. The molecule has 18 heavy (non-hydrogen) atoms. The average Bonchev–Trinajstić information content (AvgIpc) is 2.83. The minimum atomic E-state index is -1.14. The van der Waals surface area contributed by atoms with Crippen LogP contribution in [0.3, 0.4) is 0 Å². The molecule has 0 aliphatic carbocycles. The predicted molar refractivity (Wildman–Crippen MR) is 64.0 cm³/mol. The number of amidine groups is 1. The van der Waals surface area contributed by atoms with Gasteiger partial charge >= 0.3 is 0 Å². The third-order valence-corrected chi connectivity index (χ3v) is 3.62. The maximum atomic E-state index is 9.81. The van der Waals surface area contributed by atoms with E-state index in [0.29, 0.717) is 12.8 Å². The number of rotatable bonds is 3. The summed E-state index contributed by atoms with van der Waals surface area (Å²) in [6, 6.07) is 0. The van der Waals surface area contributed by atoms with Gasteiger partial charge in [-0.05, 0) is 18.9 Å². The zero-order valence-corrected chi connectivity index (χ0v) is 10.4. The van der Waals surface area contributed by atoms with E-state index in [0.717, 1.165) is 0 Å². The van der Waals surface area contributed by atoms with E-state index in [1.165, 1.54) is 11.0 Å². The molecule has 7 nitrogen and oxygen atoms in total. The first-order valence-corrected chi connectivity index (χ1v) is 6.14. The second-order valence-corrected chi connectivity index (χ2v) is 4.59. The summed E-state index contributed by atoms with van der Waals surface area (Å²) < 4.78 is 5.71. The highest BCUT2D eigenvalue weighted by atomic mass is 35.5. The van der Waals surface area contributed by atoms with Gasteiger partial charge in [-0.3, -0.25) is 10.7 Å². The maximum absolute atomic E-state index is 9.81. The molecule has 8 heteroatoms. The van der Waals surface area contributed by atoms with Crippen molar-refractivity contribution in [2.75, 3.05) is 12.5 Å². The fraction of sp³-hybridized carbons (Fsp3) is 0.700. The van der Waals surface area contributed by atoms with Gasteiger partial charge < -0.3 is 19.8 Å². The van der Waals surface area contributed by atoms with Gasteiger partial charge in [-0.1, -0.05) is 0 Å². The lowest BCUT2D eigenvalue weighted by molar-refractivity contribution is -0.138. The van der Waals surface area contributed by atoms with Gasteiger partial charge in [0.25, 0.3) is 0 Å². The molecule has 2 aliphatic rings. The normalized spacial score (nSPS) is 35.8. The highest BCUT2D eigenvalue weighted by molar-refractivity contribution is 6.18. The molecular formula is C10H16ClN3O4. The van der Waals surface area contributed by atoms with Crippen LogP contribution in [0.4, 0.5) is 0 Å². The van der Waals surface area contributed by atoms with E-state index >= 15 is 0 Å². The van der Waals surface area contributed by atoms with Gasteiger partial charge in [0.05, 0.1) is 12.5 Å². The first-order chi connectivity index (χ1) is 8.64. The SMILES string of the molecule is OC[C@]1(CCl)CC[C@H](N2C=CC(NO)=NC2O)O1. The highest BCUT2D eigenvalue weighted by Crippen LogP contribution is 2.34. The van der Waals surface area contributed by atoms with Crippen molar-refractivity contribution in [2.24, 2.45) is 4.99 Å². The molecule has 4 N–H and O–H groups in total. The van der Waals surface area contributed by atoms with Gasteiger partial charge in [0, 0.05) is 6.20 Å². The Morgan fingerprint density at radius 1 is 1.67 bits per heavy atom. The van der Waals surface area contributed by atoms with E-state index in [2.05, 4.69) is 4.99 Å². The molecule has 0 aromatic carbocycles. The van der Waals surface area contributed by atoms with Crippen LogP contribution >= 0.6 is 11.6 Å². The molecule has 3 atom stereocenters. The Kier molecular flexibility index (Phi) is 4.08. The van der Waals surface area contributed by atoms with Gasteiger partial charge in [-0.25, -0.2) is 4.99 Å². The second kappa shape index (κ2) is 5.41. The number of hydroxylamine groups is 1. The van der Waals surface area contributed by atoms with Crippen molar-refractivity contribution < 1.29 is 20.2 Å². The number of hydrogen-bond acceptors (Lipinski definition) is 7. The van der Waals surface area contributed by atoms with Crippen molar-refractivity contribution in [1.29, 1.82) is 0 Å². The lowest BCUT2D eigenvalue weighted by atomic mass is 10.0. The molecule has 0 radical (unpaired) electrons. The molecule has 0 amide bonds. The number of nitrogens with one attached hydrogen (secondary N) is 1. The number of halogens is 1. The molecule has 0 bridgehead atoms. The van der Waals surface area contributed by atoms with Crippen molar-refractivity contribution >= 4 is 17.4 Å². The summed E-state index contributed by atoms with van der Waals surface area (Å²) in [5, 5.41) is 27.8. The zero-order valence-electron chi connectivity index (χ0n) is 9.66. The van der Waals surface area contributed by atoms with Crippen LogP contribution in [0.5, 0.6) is 0 Å². The van der Waals surface area contributed by atoms with Crippen molar-refractivity contribution in [1.82, 2.24) is 10.4 Å². The minimum Gasteiger partial charge on any atom is -0.393 e. The smallest absolute Gasteiger partial charge is 0.229 e. The summed E-state index contributed by atoms with van der Waals surface area (Å²) in [4.78, 5) is 5.31. The summed E-state index contributed by atoms with van der Waals surface area (Å²) in [5.41, 5.74) is 1.11. The quantitative estimate of drug-likeness (QED) is 0.413. The summed E-state index contributed by atoms with van der Waals surface area (Å²) in [6.45, 7) is -0.159. The highest BCUT2D eigenvalue weighted by Gasteiger charge is 2.42. The number of ether oxygens (including phenoxy) is 1. The fourth-order valence-corrected chi connectivity index (χ4v) is 2.32. The molecule has 2 rings (SSSR count). The molecule has 1 unspecified atom stereocenters. The fourth-order valence-electron chi connectivity index (χ4n) is 2.04. The lowest BCUT2D eigenvalue weighted by Gasteiger charge is -2.33. The van der Waals surface area contributed by atoms with Crippen LogP contribution in [0.1, 0.15) is 12.8 Å². The topological polar surface area (TPSA) is 97.6 Å². The van der Waals surface area contributed by atoms with Gasteiger partial charge in [0.2, 0.25) is 6.35 Å². The predicted octanol–water partition coefficient (Wildman–Crippen LogP) is -0.425. The van der Waals surface area contributed by atoms with E-state index in [4.69, 9.17) is 21.5 Å². The lowest BCUT2D eigenvalue weighted by Crippen LogP contribution is -2.44. The van der Waals surface area contributed by atoms with Crippen molar-refractivity contribution in [3.63, 3.8) is 0 Å². The first kappa shape index (κ1) is 13.6. The van der Waals surface area contributed by atoms with Crippen LogP contribution in [0.15, 0.2) is 17.3 Å². The van der Waals surface area contributed by atoms with E-state index in [-0.39, 0.29) is 18.3 Å². The van der Waals surface area contributed by atoms with Crippen molar-refractivity contribution in [2.45, 2.75) is 31.0 Å². The summed E-state index contributed by atoms with van der Waals surface area (Å²) in [5.74, 6) is 0.364. The van der Waals surface area contributed by atoms with E-state index in [1.54, 1.807) is 6.20 Å². The number of aliphatic imine (C=N–C) groups is 1. The molecule has 2 heterocycles. The van der Waals surface area contributed by atoms with Gasteiger partial charge in [-0.2, -0.15) is 0 Å². The molecule has 1 fully saturated rings. The maximum Gasteiger partial charge on any atom is 0.229 e. The van der Waals surface area contributed by atoms with Gasteiger partial charge in [-0.15, -0.1) is 11.6 Å². The molecule has 2 aliphatic heterocycles. The number of nitrogens with zero attached hydrogens (tertiary/aromatic N) is 2. The molecule has 0 spiro atoms. The summed E-state index contributed by atoms with van der Waals surface area (Å²) in [7, 11) is 0. The first-order valence-electron chi connectivity index (χ1n) is 5.60. The van der Waals surface area contributed by atoms with Crippen LogP contribution in [0.2, 0.25) is 0 Å². The Bertz CT molecular complexity index is 359. The minimum absolute atomic E-state index is 0.159.